The second-order valence-electron chi connectivity index (χ2n) is 9.43. The van der Waals surface area contributed by atoms with Crippen LogP contribution in [0.1, 0.15) is 19.3 Å². The largest absolute Gasteiger partial charge is 0.491 e. The third-order valence-electron chi connectivity index (χ3n) is 6.84. The monoisotopic (exact) mass is 575 g/mol. The highest BCUT2D eigenvalue weighted by Gasteiger charge is 2.44. The molecule has 2 saturated heterocycles. The van der Waals surface area contributed by atoms with E-state index in [1.165, 1.54) is 23.5 Å². The summed E-state index contributed by atoms with van der Waals surface area (Å²) in [6.07, 6.45) is 0.667. The Bertz CT molecular complexity index is 1350. The molecular weight excluding hydrogens is 544 g/mol. The van der Waals surface area contributed by atoms with Crippen molar-refractivity contribution in [2.45, 2.75) is 46.8 Å². The molecule has 2 aliphatic heterocycles. The van der Waals surface area contributed by atoms with E-state index in [4.69, 9.17) is 9.47 Å². The highest BCUT2D eigenvalue weighted by molar-refractivity contribution is 7.89. The molecule has 14 heteroatoms. The van der Waals surface area contributed by atoms with Crippen LogP contribution in [0.2, 0.25) is 0 Å². The normalized spacial score (nSPS) is 21.0. The Morgan fingerprint density at radius 3 is 2.53 bits per heavy atom. The topological polar surface area (TPSA) is 134 Å². The van der Waals surface area contributed by atoms with Gasteiger partial charge in [0.15, 0.2) is 11.6 Å². The van der Waals surface area contributed by atoms with Crippen LogP contribution < -0.4 is 14.8 Å². The number of rotatable bonds is 10. The molecule has 38 heavy (non-hydrogen) atoms. The number of hydrogen-bond donors (Lipinski definition) is 3. The van der Waals surface area contributed by atoms with Crippen molar-refractivity contribution in [2.24, 2.45) is 0 Å². The summed E-state index contributed by atoms with van der Waals surface area (Å²) in [6, 6.07) is 8.46. The van der Waals surface area contributed by atoms with E-state index in [1.807, 2.05) is 0 Å². The van der Waals surface area contributed by atoms with Gasteiger partial charge in [0.05, 0.1) is 22.0 Å². The molecule has 2 aliphatic rings. The van der Waals surface area contributed by atoms with Crippen molar-refractivity contribution in [3.63, 3.8) is 0 Å². The maximum atomic E-state index is 13.6. The number of nitrogens with one attached hydrogen (secondary N) is 2. The van der Waals surface area contributed by atoms with Crippen molar-refractivity contribution < 1.29 is 40.2 Å². The first kappa shape index (κ1) is 28.8. The van der Waals surface area contributed by atoms with Gasteiger partial charge in [-0.05, 0) is 56.6 Å². The average molecular weight is 576 g/mol. The minimum atomic E-state index is -3.95. The van der Waals surface area contributed by atoms with Crippen molar-refractivity contribution in [1.29, 1.82) is 0 Å². The van der Waals surface area contributed by atoms with Crippen molar-refractivity contribution in [3.8, 4) is 5.75 Å². The van der Waals surface area contributed by atoms with Crippen LogP contribution in [-0.2, 0) is 24.8 Å². The molecule has 1 spiro atoms. The van der Waals surface area contributed by atoms with Crippen molar-refractivity contribution in [3.05, 3.63) is 54.1 Å². The van der Waals surface area contributed by atoms with Crippen LogP contribution in [0.15, 0.2) is 52.3 Å². The Balaban J connectivity index is 1.23. The standard InChI is InChI=1S/C24H31F2N3O7S2/c1-27-37(31,32)20-4-2-3-19(11-20)35-16-18(30)14-28-17-13-24(36-15-17)7-9-29(10-8-24)38(33,34)21-5-6-22(25)23(26)12-21/h2-6,11-12,17-18,27-28,30H,7-10,13-16H2,1H3/t17?,18-/m0/s1. The lowest BCUT2D eigenvalue weighted by molar-refractivity contribution is -0.0312. The molecule has 2 heterocycles. The van der Waals surface area contributed by atoms with Crippen LogP contribution in [0.25, 0.3) is 0 Å². The molecule has 0 aromatic heterocycles. The smallest absolute Gasteiger partial charge is 0.243 e. The molecule has 3 N–H and O–H groups in total. The van der Waals surface area contributed by atoms with Crippen LogP contribution in [0.3, 0.4) is 0 Å². The van der Waals surface area contributed by atoms with E-state index in [-0.39, 0.29) is 42.1 Å². The summed E-state index contributed by atoms with van der Waals surface area (Å²) in [7, 11) is -6.24. The maximum Gasteiger partial charge on any atom is 0.243 e. The number of benzene rings is 2. The van der Waals surface area contributed by atoms with Gasteiger partial charge in [-0.3, -0.25) is 0 Å². The van der Waals surface area contributed by atoms with E-state index in [1.54, 1.807) is 12.1 Å². The molecule has 4 rings (SSSR count). The van der Waals surface area contributed by atoms with Crippen molar-refractivity contribution in [1.82, 2.24) is 14.3 Å². The minimum absolute atomic E-state index is 0.0500. The Labute approximate surface area is 221 Å². The zero-order valence-corrected chi connectivity index (χ0v) is 22.4. The molecule has 0 amide bonds. The lowest BCUT2D eigenvalue weighted by Crippen LogP contribution is -2.47. The lowest BCUT2D eigenvalue weighted by Gasteiger charge is -2.38. The van der Waals surface area contributed by atoms with Gasteiger partial charge in [-0.25, -0.2) is 30.3 Å². The Hall–Kier alpha value is -2.20. The van der Waals surface area contributed by atoms with E-state index in [2.05, 4.69) is 10.0 Å². The Kier molecular flexibility index (Phi) is 8.71. The maximum absolute atomic E-state index is 13.6. The molecule has 2 aromatic rings. The van der Waals surface area contributed by atoms with E-state index < -0.39 is 43.4 Å². The third-order valence-corrected chi connectivity index (χ3v) is 10.1. The van der Waals surface area contributed by atoms with Gasteiger partial charge >= 0.3 is 0 Å². The summed E-state index contributed by atoms with van der Waals surface area (Å²) in [5, 5.41) is 13.6. The molecule has 210 valence electrons. The van der Waals surface area contributed by atoms with Crippen LogP contribution in [0, 0.1) is 11.6 Å². The number of ether oxygens (including phenoxy) is 2. The van der Waals surface area contributed by atoms with Crippen LogP contribution in [0.4, 0.5) is 8.78 Å². The van der Waals surface area contributed by atoms with E-state index in [0.29, 0.717) is 37.7 Å². The molecule has 2 aromatic carbocycles. The van der Waals surface area contributed by atoms with Crippen molar-refractivity contribution in [2.75, 3.05) is 39.9 Å². The van der Waals surface area contributed by atoms with Gasteiger partial charge in [-0.2, -0.15) is 4.31 Å². The fraction of sp³-hybridized carbons (Fsp3) is 0.500. The van der Waals surface area contributed by atoms with E-state index in [9.17, 15) is 30.7 Å². The number of aliphatic hydroxyl groups excluding tert-OH is 1. The first-order valence-electron chi connectivity index (χ1n) is 12.1. The van der Waals surface area contributed by atoms with Gasteiger partial charge in [0.2, 0.25) is 20.0 Å². The highest BCUT2D eigenvalue weighted by atomic mass is 32.2. The first-order valence-corrected chi connectivity index (χ1v) is 15.0. The van der Waals surface area contributed by atoms with Gasteiger partial charge in [0, 0.05) is 31.7 Å². The molecule has 10 nitrogen and oxygen atoms in total. The number of nitrogens with zero attached hydrogens (tertiary/aromatic N) is 1. The van der Waals surface area contributed by atoms with Gasteiger partial charge in [-0.15, -0.1) is 0 Å². The molecule has 0 radical (unpaired) electrons. The SMILES string of the molecule is CNS(=O)(=O)c1cccc(OC[C@@H](O)CNC2COC3(CCN(S(=O)(=O)c4ccc(F)c(F)c4)CC3)C2)c1. The molecule has 0 saturated carbocycles. The molecule has 0 bridgehead atoms. The van der Waals surface area contributed by atoms with E-state index >= 15 is 0 Å². The van der Waals surface area contributed by atoms with Gasteiger partial charge in [-0.1, -0.05) is 6.07 Å². The molecule has 2 fully saturated rings. The summed E-state index contributed by atoms with van der Waals surface area (Å²) in [5.74, 6) is -2.01. The average Bonchev–Trinajstić information content (AvgIpc) is 3.30. The Morgan fingerprint density at radius 1 is 1.11 bits per heavy atom. The fourth-order valence-electron chi connectivity index (χ4n) is 4.65. The molecule has 1 unspecified atom stereocenters. The predicted molar refractivity (Wildman–Crippen MR) is 134 cm³/mol. The second-order valence-corrected chi connectivity index (χ2v) is 13.3. The lowest BCUT2D eigenvalue weighted by atomic mass is 9.88. The first-order chi connectivity index (χ1) is 17.9. The quantitative estimate of drug-likeness (QED) is 0.385. The zero-order valence-electron chi connectivity index (χ0n) is 20.8. The molecule has 2 atom stereocenters. The zero-order chi connectivity index (χ0) is 27.6. The second kappa shape index (κ2) is 11.5. The number of halogens is 2. The molecule has 0 aliphatic carbocycles. The minimum Gasteiger partial charge on any atom is -0.491 e. The van der Waals surface area contributed by atoms with Gasteiger partial charge in [0.25, 0.3) is 0 Å². The number of aliphatic hydroxyl groups is 1. The Morgan fingerprint density at radius 2 is 1.84 bits per heavy atom. The van der Waals surface area contributed by atoms with Crippen LogP contribution >= 0.6 is 0 Å². The summed E-state index contributed by atoms with van der Waals surface area (Å²) in [6.45, 7) is 0.938. The number of sulfonamides is 2. The third kappa shape index (κ3) is 6.50. The predicted octanol–water partition coefficient (Wildman–Crippen LogP) is 1.21. The number of piperidine rings is 1. The van der Waals surface area contributed by atoms with E-state index in [0.717, 1.165) is 12.1 Å². The summed E-state index contributed by atoms with van der Waals surface area (Å²) < 4.78 is 91.4. The van der Waals surface area contributed by atoms with Crippen LogP contribution in [0.5, 0.6) is 5.75 Å². The molecular formula is C24H31F2N3O7S2. The number of hydrogen-bond acceptors (Lipinski definition) is 8. The highest BCUT2D eigenvalue weighted by Crippen LogP contribution is 2.37. The van der Waals surface area contributed by atoms with Crippen LogP contribution in [-0.4, -0.2) is 83.9 Å². The fourth-order valence-corrected chi connectivity index (χ4v) is 6.87. The van der Waals surface area contributed by atoms with Gasteiger partial charge < -0.3 is 19.9 Å². The summed E-state index contributed by atoms with van der Waals surface area (Å²) >= 11 is 0. The van der Waals surface area contributed by atoms with Gasteiger partial charge in [0.1, 0.15) is 18.5 Å². The summed E-state index contributed by atoms with van der Waals surface area (Å²) in [4.78, 5) is -0.229. The van der Waals surface area contributed by atoms with Crippen molar-refractivity contribution >= 4 is 20.0 Å². The summed E-state index contributed by atoms with van der Waals surface area (Å²) in [5.41, 5.74) is -0.502.